The molecule has 3 nitrogen and oxygen atoms in total. The molecule has 0 amide bonds. The maximum Gasteiger partial charge on any atom is 0.240 e. The highest BCUT2D eigenvalue weighted by Crippen LogP contribution is 2.14. The van der Waals surface area contributed by atoms with Crippen molar-refractivity contribution in [2.24, 2.45) is 5.92 Å². The molecule has 0 radical (unpaired) electrons. The van der Waals surface area contributed by atoms with Gasteiger partial charge in [0.2, 0.25) is 10.0 Å². The third kappa shape index (κ3) is 4.71. The van der Waals surface area contributed by atoms with E-state index in [9.17, 15) is 8.42 Å². The molecule has 102 valence electrons. The Bertz CT molecular complexity index is 468. The number of aryl methyl sites for hydroxylation is 1. The van der Waals surface area contributed by atoms with Crippen molar-refractivity contribution in [3.8, 4) is 0 Å². The summed E-state index contributed by atoms with van der Waals surface area (Å²) in [6.45, 7) is 6.09. The van der Waals surface area contributed by atoms with Crippen molar-refractivity contribution in [3.05, 3.63) is 29.8 Å². The van der Waals surface area contributed by atoms with Crippen LogP contribution in [-0.4, -0.2) is 19.8 Å². The van der Waals surface area contributed by atoms with Crippen molar-refractivity contribution in [3.63, 3.8) is 0 Å². The molecule has 0 fully saturated rings. The van der Waals surface area contributed by atoms with Crippen LogP contribution < -0.4 is 4.72 Å². The van der Waals surface area contributed by atoms with E-state index < -0.39 is 10.0 Å². The molecule has 0 aliphatic carbocycles. The number of hydrogen-bond acceptors (Lipinski definition) is 2. The van der Waals surface area contributed by atoms with E-state index >= 15 is 0 Å². The summed E-state index contributed by atoms with van der Waals surface area (Å²) in [6.07, 6.45) is 0.816. The molecule has 1 rings (SSSR count). The quantitative estimate of drug-likeness (QED) is 0.813. The summed E-state index contributed by atoms with van der Waals surface area (Å²) in [5, 5.41) is 0.621. The lowest BCUT2D eigenvalue weighted by Gasteiger charge is -2.18. The van der Waals surface area contributed by atoms with Crippen LogP contribution in [0.5, 0.6) is 0 Å². The van der Waals surface area contributed by atoms with Crippen molar-refractivity contribution in [2.45, 2.75) is 38.1 Å². The predicted octanol–water partition coefficient (Wildman–Crippen LogP) is 3.08. The van der Waals surface area contributed by atoms with Crippen molar-refractivity contribution < 1.29 is 8.42 Å². The lowest BCUT2D eigenvalue weighted by atomic mass is 10.1. The van der Waals surface area contributed by atoms with Crippen LogP contribution in [-0.2, 0) is 10.0 Å². The number of rotatable bonds is 6. The molecule has 0 aliphatic heterocycles. The van der Waals surface area contributed by atoms with E-state index in [-0.39, 0.29) is 6.04 Å². The van der Waals surface area contributed by atoms with Crippen molar-refractivity contribution in [2.75, 3.05) is 5.33 Å². The number of nitrogens with one attached hydrogen (secondary N) is 1. The van der Waals surface area contributed by atoms with Crippen LogP contribution in [0.3, 0.4) is 0 Å². The molecule has 1 N–H and O–H groups in total. The van der Waals surface area contributed by atoms with E-state index in [1.54, 1.807) is 24.3 Å². The molecule has 0 saturated carbocycles. The Morgan fingerprint density at radius 1 is 1.22 bits per heavy atom. The molecule has 0 heterocycles. The summed E-state index contributed by atoms with van der Waals surface area (Å²) in [5.74, 6) is 0.452. The molecule has 5 heteroatoms. The van der Waals surface area contributed by atoms with E-state index in [4.69, 9.17) is 0 Å². The van der Waals surface area contributed by atoms with E-state index in [1.807, 2.05) is 6.92 Å². The average Bonchev–Trinajstić information content (AvgIpc) is 2.27. The minimum absolute atomic E-state index is 0.0729. The van der Waals surface area contributed by atoms with Crippen LogP contribution in [0.15, 0.2) is 29.2 Å². The average molecular weight is 334 g/mol. The second-order valence-corrected chi connectivity index (χ2v) is 7.28. The highest BCUT2D eigenvalue weighted by atomic mass is 79.9. The van der Waals surface area contributed by atoms with Gasteiger partial charge in [0, 0.05) is 11.4 Å². The minimum Gasteiger partial charge on any atom is -0.207 e. The molecule has 1 aromatic rings. The summed E-state index contributed by atoms with van der Waals surface area (Å²) in [6, 6.07) is 6.81. The predicted molar refractivity (Wildman–Crippen MR) is 78.5 cm³/mol. The van der Waals surface area contributed by atoms with Gasteiger partial charge in [-0.05, 0) is 31.4 Å². The Hall–Kier alpha value is -0.390. The smallest absolute Gasteiger partial charge is 0.207 e. The number of alkyl halides is 1. The Balaban J connectivity index is 2.83. The van der Waals surface area contributed by atoms with E-state index in [0.29, 0.717) is 16.1 Å². The van der Waals surface area contributed by atoms with Gasteiger partial charge in [-0.2, -0.15) is 0 Å². The lowest BCUT2D eigenvalue weighted by Crippen LogP contribution is -2.36. The first-order valence-electron chi connectivity index (χ1n) is 6.00. The van der Waals surface area contributed by atoms with Gasteiger partial charge in [-0.15, -0.1) is 0 Å². The molecule has 0 aromatic heterocycles. The first kappa shape index (κ1) is 15.7. The number of halogens is 1. The minimum atomic E-state index is -3.41. The Morgan fingerprint density at radius 3 is 2.22 bits per heavy atom. The second kappa shape index (κ2) is 6.68. The number of benzene rings is 1. The van der Waals surface area contributed by atoms with Crippen LogP contribution >= 0.6 is 15.9 Å². The van der Waals surface area contributed by atoms with E-state index in [2.05, 4.69) is 34.5 Å². The summed E-state index contributed by atoms with van der Waals surface area (Å²) in [7, 11) is -3.41. The Morgan fingerprint density at radius 2 is 1.78 bits per heavy atom. The molecule has 0 saturated heterocycles. The van der Waals surface area contributed by atoms with Crippen molar-refractivity contribution in [1.82, 2.24) is 4.72 Å². The summed E-state index contributed by atoms with van der Waals surface area (Å²) in [4.78, 5) is 0.322. The SMILES string of the molecule is Cc1ccc(S(=O)(=O)NC(CBr)CC(C)C)cc1. The zero-order valence-electron chi connectivity index (χ0n) is 11.0. The summed E-state index contributed by atoms with van der Waals surface area (Å²) < 4.78 is 27.1. The molecule has 0 spiro atoms. The highest BCUT2D eigenvalue weighted by Gasteiger charge is 2.19. The van der Waals surface area contributed by atoms with Crippen LogP contribution in [0.25, 0.3) is 0 Å². The molecule has 1 aromatic carbocycles. The van der Waals surface area contributed by atoms with Crippen LogP contribution in [0.2, 0.25) is 0 Å². The topological polar surface area (TPSA) is 46.2 Å². The molecular weight excluding hydrogens is 314 g/mol. The van der Waals surface area contributed by atoms with Crippen LogP contribution in [0.1, 0.15) is 25.8 Å². The van der Waals surface area contributed by atoms with E-state index in [1.165, 1.54) is 0 Å². The number of sulfonamides is 1. The molecule has 1 unspecified atom stereocenters. The Labute approximate surface area is 118 Å². The van der Waals surface area contributed by atoms with Crippen molar-refractivity contribution >= 4 is 26.0 Å². The van der Waals surface area contributed by atoms with Gasteiger partial charge >= 0.3 is 0 Å². The third-order valence-electron chi connectivity index (χ3n) is 2.60. The van der Waals surface area contributed by atoms with Gasteiger partial charge in [-0.1, -0.05) is 47.5 Å². The van der Waals surface area contributed by atoms with E-state index in [0.717, 1.165) is 12.0 Å². The maximum absolute atomic E-state index is 12.2. The fourth-order valence-electron chi connectivity index (χ4n) is 1.72. The van der Waals surface area contributed by atoms with Crippen LogP contribution in [0.4, 0.5) is 0 Å². The van der Waals surface area contributed by atoms with Gasteiger partial charge < -0.3 is 0 Å². The van der Waals surface area contributed by atoms with Gasteiger partial charge in [0.1, 0.15) is 0 Å². The summed E-state index contributed by atoms with van der Waals surface area (Å²) in [5.41, 5.74) is 1.05. The fraction of sp³-hybridized carbons (Fsp3) is 0.538. The lowest BCUT2D eigenvalue weighted by molar-refractivity contribution is 0.488. The number of hydrogen-bond donors (Lipinski definition) is 1. The van der Waals surface area contributed by atoms with Crippen LogP contribution in [0, 0.1) is 12.8 Å². The third-order valence-corrected chi connectivity index (χ3v) is 4.91. The maximum atomic E-state index is 12.2. The fourth-order valence-corrected chi connectivity index (χ4v) is 3.61. The standard InChI is InChI=1S/C13H20BrNO2S/c1-10(2)8-12(9-14)15-18(16,17)13-6-4-11(3)5-7-13/h4-7,10,12,15H,8-9H2,1-3H3. The highest BCUT2D eigenvalue weighted by molar-refractivity contribution is 9.09. The largest absolute Gasteiger partial charge is 0.240 e. The Kier molecular flexibility index (Phi) is 5.82. The molecule has 1 atom stereocenters. The zero-order chi connectivity index (χ0) is 13.8. The first-order valence-corrected chi connectivity index (χ1v) is 8.60. The second-order valence-electron chi connectivity index (χ2n) is 4.92. The van der Waals surface area contributed by atoms with Gasteiger partial charge in [0.05, 0.1) is 4.90 Å². The van der Waals surface area contributed by atoms with Gasteiger partial charge in [-0.3, -0.25) is 0 Å². The molecular formula is C13H20BrNO2S. The van der Waals surface area contributed by atoms with Gasteiger partial charge in [0.25, 0.3) is 0 Å². The monoisotopic (exact) mass is 333 g/mol. The summed E-state index contributed by atoms with van der Waals surface area (Å²) >= 11 is 3.35. The van der Waals surface area contributed by atoms with Gasteiger partial charge in [0.15, 0.2) is 0 Å². The first-order chi connectivity index (χ1) is 8.35. The zero-order valence-corrected chi connectivity index (χ0v) is 13.4. The normalized spacial score (nSPS) is 13.8. The molecule has 0 bridgehead atoms. The van der Waals surface area contributed by atoms with Gasteiger partial charge in [-0.25, -0.2) is 13.1 Å². The van der Waals surface area contributed by atoms with Crippen molar-refractivity contribution in [1.29, 1.82) is 0 Å². The molecule has 18 heavy (non-hydrogen) atoms. The molecule has 0 aliphatic rings.